The van der Waals surface area contributed by atoms with Gasteiger partial charge in [-0.15, -0.1) is 0 Å². The number of aromatic nitrogens is 1. The summed E-state index contributed by atoms with van der Waals surface area (Å²) in [6, 6.07) is 8.88. The zero-order chi connectivity index (χ0) is 18.6. The molecule has 1 atom stereocenters. The summed E-state index contributed by atoms with van der Waals surface area (Å²) in [5.74, 6) is 5.06. The first-order valence-electron chi connectivity index (χ1n) is 7.95. The maximum atomic E-state index is 13.1. The van der Waals surface area contributed by atoms with E-state index in [4.69, 9.17) is 0 Å². The number of carbonyl (C=O) groups is 1. The number of hydrogen-bond donors (Lipinski definition) is 2. The van der Waals surface area contributed by atoms with Crippen LogP contribution in [-0.2, 0) is 0 Å². The highest BCUT2D eigenvalue weighted by molar-refractivity contribution is 5.95. The van der Waals surface area contributed by atoms with Crippen LogP contribution in [0.1, 0.15) is 48.1 Å². The van der Waals surface area contributed by atoms with Gasteiger partial charge in [-0.05, 0) is 63.9 Å². The van der Waals surface area contributed by atoms with Gasteiger partial charge in [0, 0.05) is 5.56 Å². The number of hydrogen-bond acceptors (Lipinski definition) is 3. The van der Waals surface area contributed by atoms with Gasteiger partial charge in [-0.3, -0.25) is 4.79 Å². The molecule has 1 amide bonds. The number of nitrogens with one attached hydrogen (secondary N) is 1. The molecular formula is C20H21FN2O2. The predicted molar refractivity (Wildman–Crippen MR) is 94.6 cm³/mol. The molecule has 2 rings (SSSR count). The number of aryl methyl sites for hydroxylation is 1. The SMILES string of the molecule is Cc1nc(C#Cc2cccc(F)c2)ccc1C(=O)N[C@H](C)C(C)(C)O. The van der Waals surface area contributed by atoms with Crippen molar-refractivity contribution in [1.82, 2.24) is 10.3 Å². The van der Waals surface area contributed by atoms with Crippen molar-refractivity contribution >= 4 is 5.91 Å². The van der Waals surface area contributed by atoms with Gasteiger partial charge in [0.25, 0.3) is 5.91 Å². The molecule has 0 saturated carbocycles. The first-order chi connectivity index (χ1) is 11.7. The lowest BCUT2D eigenvalue weighted by atomic mass is 10.0. The average Bonchev–Trinajstić information content (AvgIpc) is 2.52. The van der Waals surface area contributed by atoms with Gasteiger partial charge in [0.2, 0.25) is 0 Å². The van der Waals surface area contributed by atoms with Gasteiger partial charge in [0.15, 0.2) is 0 Å². The number of halogens is 1. The standard InChI is InChI=1S/C20H21FN2O2/c1-13-18(19(24)23-14(2)20(3,4)25)11-10-17(22-13)9-8-15-6-5-7-16(21)12-15/h5-7,10-12,14,25H,1-4H3,(H,23,24)/t14-/m1/s1. The van der Waals surface area contributed by atoms with Crippen LogP contribution >= 0.6 is 0 Å². The van der Waals surface area contributed by atoms with Crippen molar-refractivity contribution in [3.05, 3.63) is 64.7 Å². The van der Waals surface area contributed by atoms with Crippen molar-refractivity contribution in [3.8, 4) is 11.8 Å². The molecule has 1 aromatic heterocycles. The first kappa shape index (κ1) is 18.6. The maximum absolute atomic E-state index is 13.1. The first-order valence-corrected chi connectivity index (χ1v) is 7.95. The minimum absolute atomic E-state index is 0.302. The van der Waals surface area contributed by atoms with Crippen LogP contribution in [0, 0.1) is 24.6 Å². The van der Waals surface area contributed by atoms with Crippen LogP contribution < -0.4 is 5.32 Å². The lowest BCUT2D eigenvalue weighted by Gasteiger charge is -2.26. The molecule has 4 nitrogen and oxygen atoms in total. The van der Waals surface area contributed by atoms with Crippen LogP contribution in [0.3, 0.4) is 0 Å². The molecule has 2 aromatic rings. The molecule has 0 radical (unpaired) electrons. The minimum Gasteiger partial charge on any atom is -0.388 e. The molecule has 1 aromatic carbocycles. The lowest BCUT2D eigenvalue weighted by Crippen LogP contribution is -2.47. The van der Waals surface area contributed by atoms with Crippen LogP contribution in [0.15, 0.2) is 36.4 Å². The smallest absolute Gasteiger partial charge is 0.253 e. The van der Waals surface area contributed by atoms with E-state index in [0.29, 0.717) is 22.5 Å². The van der Waals surface area contributed by atoms with Crippen LogP contribution in [-0.4, -0.2) is 27.6 Å². The van der Waals surface area contributed by atoms with E-state index in [0.717, 1.165) is 0 Å². The third-order valence-electron chi connectivity index (χ3n) is 3.90. The Morgan fingerprint density at radius 2 is 2.00 bits per heavy atom. The number of carbonyl (C=O) groups excluding carboxylic acids is 1. The third kappa shape index (κ3) is 5.13. The van der Waals surface area contributed by atoms with E-state index in [2.05, 4.69) is 22.1 Å². The van der Waals surface area contributed by atoms with Gasteiger partial charge in [0.1, 0.15) is 11.5 Å². The predicted octanol–water partition coefficient (Wildman–Crippen LogP) is 2.82. The maximum Gasteiger partial charge on any atom is 0.253 e. The third-order valence-corrected chi connectivity index (χ3v) is 3.90. The van der Waals surface area contributed by atoms with Crippen LogP contribution in [0.2, 0.25) is 0 Å². The number of amides is 1. The molecule has 0 bridgehead atoms. The Labute approximate surface area is 147 Å². The summed E-state index contributed by atoms with van der Waals surface area (Å²) < 4.78 is 13.1. The van der Waals surface area contributed by atoms with Gasteiger partial charge in [0.05, 0.1) is 22.9 Å². The molecule has 5 heteroatoms. The average molecular weight is 340 g/mol. The molecule has 130 valence electrons. The molecular weight excluding hydrogens is 319 g/mol. The van der Waals surface area contributed by atoms with Crippen LogP contribution in [0.4, 0.5) is 4.39 Å². The molecule has 25 heavy (non-hydrogen) atoms. The molecule has 0 unspecified atom stereocenters. The number of pyridine rings is 1. The Kier molecular flexibility index (Phi) is 5.55. The van der Waals surface area contributed by atoms with E-state index < -0.39 is 11.6 Å². The highest BCUT2D eigenvalue weighted by atomic mass is 19.1. The van der Waals surface area contributed by atoms with Crippen molar-refractivity contribution in [2.45, 2.75) is 39.3 Å². The van der Waals surface area contributed by atoms with E-state index in [9.17, 15) is 14.3 Å². The lowest BCUT2D eigenvalue weighted by molar-refractivity contribution is 0.0408. The summed E-state index contributed by atoms with van der Waals surface area (Å²) in [4.78, 5) is 16.6. The second-order valence-electron chi connectivity index (χ2n) is 6.44. The van der Waals surface area contributed by atoms with Gasteiger partial charge < -0.3 is 10.4 Å². The molecule has 0 aliphatic heterocycles. The van der Waals surface area contributed by atoms with E-state index in [1.54, 1.807) is 52.0 Å². The summed E-state index contributed by atoms with van der Waals surface area (Å²) >= 11 is 0. The van der Waals surface area contributed by atoms with Crippen LogP contribution in [0.25, 0.3) is 0 Å². The summed E-state index contributed by atoms with van der Waals surface area (Å²) in [6.07, 6.45) is 0. The fraction of sp³-hybridized carbons (Fsp3) is 0.300. The molecule has 1 heterocycles. The van der Waals surface area contributed by atoms with Crippen molar-refractivity contribution in [3.63, 3.8) is 0 Å². The van der Waals surface area contributed by atoms with Gasteiger partial charge >= 0.3 is 0 Å². The number of nitrogens with zero attached hydrogens (tertiary/aromatic N) is 1. The van der Waals surface area contributed by atoms with Gasteiger partial charge in [-0.25, -0.2) is 9.37 Å². The number of benzene rings is 1. The molecule has 0 aliphatic rings. The highest BCUT2D eigenvalue weighted by Crippen LogP contribution is 2.11. The summed E-state index contributed by atoms with van der Waals surface area (Å²) in [7, 11) is 0. The largest absolute Gasteiger partial charge is 0.388 e. The zero-order valence-electron chi connectivity index (χ0n) is 14.7. The van der Waals surface area contributed by atoms with Gasteiger partial charge in [-0.1, -0.05) is 12.0 Å². The Balaban J connectivity index is 2.17. The minimum atomic E-state index is -1.02. The Hall–Kier alpha value is -2.71. The van der Waals surface area contributed by atoms with E-state index in [1.165, 1.54) is 12.1 Å². The molecule has 0 fully saturated rings. The van der Waals surface area contributed by atoms with Crippen molar-refractivity contribution in [1.29, 1.82) is 0 Å². The molecule has 0 saturated heterocycles. The van der Waals surface area contributed by atoms with E-state index in [1.807, 2.05) is 0 Å². The van der Waals surface area contributed by atoms with Crippen molar-refractivity contribution < 1.29 is 14.3 Å². The molecule has 0 aliphatic carbocycles. The normalized spacial score (nSPS) is 12.1. The Bertz CT molecular complexity index is 845. The number of rotatable bonds is 3. The second-order valence-corrected chi connectivity index (χ2v) is 6.44. The summed E-state index contributed by atoms with van der Waals surface area (Å²) in [5.41, 5.74) is 0.987. The van der Waals surface area contributed by atoms with Crippen LogP contribution in [0.5, 0.6) is 0 Å². The van der Waals surface area contributed by atoms with Gasteiger partial charge in [-0.2, -0.15) is 0 Å². The van der Waals surface area contributed by atoms with E-state index >= 15 is 0 Å². The zero-order valence-corrected chi connectivity index (χ0v) is 14.7. The fourth-order valence-electron chi connectivity index (χ4n) is 2.02. The molecule has 2 N–H and O–H groups in total. The number of aliphatic hydroxyl groups is 1. The highest BCUT2D eigenvalue weighted by Gasteiger charge is 2.24. The van der Waals surface area contributed by atoms with Crippen molar-refractivity contribution in [2.24, 2.45) is 0 Å². The Morgan fingerprint density at radius 3 is 2.60 bits per heavy atom. The second kappa shape index (κ2) is 7.45. The fourth-order valence-corrected chi connectivity index (χ4v) is 2.02. The molecule has 0 spiro atoms. The quantitative estimate of drug-likeness (QED) is 0.845. The summed E-state index contributed by atoms with van der Waals surface area (Å²) in [6.45, 7) is 6.72. The van der Waals surface area contributed by atoms with E-state index in [-0.39, 0.29) is 11.7 Å². The summed E-state index contributed by atoms with van der Waals surface area (Å²) in [5, 5.41) is 12.7. The van der Waals surface area contributed by atoms with Crippen molar-refractivity contribution in [2.75, 3.05) is 0 Å². The Morgan fingerprint density at radius 1 is 1.28 bits per heavy atom. The monoisotopic (exact) mass is 340 g/mol. The topological polar surface area (TPSA) is 62.2 Å².